The maximum atomic E-state index is 11.8. The summed E-state index contributed by atoms with van der Waals surface area (Å²) in [6.45, 7) is 1.84. The second-order valence-electron chi connectivity index (χ2n) is 2.47. The van der Waals surface area contributed by atoms with Gasteiger partial charge in [-0.2, -0.15) is 0 Å². The lowest BCUT2D eigenvalue weighted by Crippen LogP contribution is -1.97. The number of rotatable bonds is 2. The van der Waals surface area contributed by atoms with Crippen molar-refractivity contribution < 1.29 is 8.78 Å². The summed E-state index contributed by atoms with van der Waals surface area (Å²) in [5.74, 6) is 0. The fraction of sp³-hybridized carbons (Fsp3) is 0.375. The predicted molar refractivity (Wildman–Crippen MR) is 38.7 cm³/mol. The monoisotopic (exact) mass is 157 g/mol. The van der Waals surface area contributed by atoms with E-state index in [9.17, 15) is 8.78 Å². The van der Waals surface area contributed by atoms with Crippen molar-refractivity contribution in [2.75, 3.05) is 0 Å². The van der Waals surface area contributed by atoms with Crippen LogP contribution in [0.3, 0.4) is 0 Å². The summed E-state index contributed by atoms with van der Waals surface area (Å²) < 4.78 is 23.6. The van der Waals surface area contributed by atoms with Gasteiger partial charge >= 0.3 is 0 Å². The molecule has 0 unspecified atom stereocenters. The Morgan fingerprint density at radius 2 is 2.18 bits per heavy atom. The molecule has 0 spiro atoms. The van der Waals surface area contributed by atoms with Gasteiger partial charge in [0.15, 0.2) is 0 Å². The molecule has 1 aromatic rings. The zero-order valence-electron chi connectivity index (χ0n) is 6.22. The first kappa shape index (κ1) is 8.11. The highest BCUT2D eigenvalue weighted by Gasteiger charge is 2.03. The summed E-state index contributed by atoms with van der Waals surface area (Å²) in [5, 5.41) is 0. The zero-order valence-corrected chi connectivity index (χ0v) is 6.22. The average molecular weight is 157 g/mol. The molecule has 0 saturated carbocycles. The Bertz CT molecular complexity index is 235. The van der Waals surface area contributed by atoms with E-state index in [1.807, 2.05) is 6.92 Å². The van der Waals surface area contributed by atoms with Crippen LogP contribution in [-0.4, -0.2) is 11.4 Å². The molecule has 0 aliphatic carbocycles. The minimum atomic E-state index is -2.28. The number of aromatic nitrogens is 1. The number of hydrogen-bond acceptors (Lipinski definition) is 1. The molecule has 0 radical (unpaired) electrons. The fourth-order valence-corrected chi connectivity index (χ4v) is 0.907. The van der Waals surface area contributed by atoms with E-state index >= 15 is 0 Å². The van der Waals surface area contributed by atoms with Crippen LogP contribution in [0, 0.1) is 6.92 Å². The van der Waals surface area contributed by atoms with Crippen molar-refractivity contribution in [2.45, 2.75) is 19.8 Å². The molecular weight excluding hydrogens is 148 g/mol. The van der Waals surface area contributed by atoms with Crippen molar-refractivity contribution >= 4 is 0 Å². The van der Waals surface area contributed by atoms with E-state index in [0.29, 0.717) is 5.56 Å². The van der Waals surface area contributed by atoms with E-state index in [0.717, 1.165) is 5.56 Å². The molecule has 1 nitrogen and oxygen atoms in total. The Hall–Kier alpha value is -0.990. The Morgan fingerprint density at radius 1 is 1.45 bits per heavy atom. The van der Waals surface area contributed by atoms with Crippen molar-refractivity contribution in [2.24, 2.45) is 0 Å². The van der Waals surface area contributed by atoms with Crippen LogP contribution in [-0.2, 0) is 6.42 Å². The van der Waals surface area contributed by atoms with E-state index in [4.69, 9.17) is 0 Å². The lowest BCUT2D eigenvalue weighted by Gasteiger charge is -1.99. The lowest BCUT2D eigenvalue weighted by molar-refractivity contribution is 0.149. The third-order valence-electron chi connectivity index (χ3n) is 1.32. The molecule has 0 bridgehead atoms. The second-order valence-corrected chi connectivity index (χ2v) is 2.47. The van der Waals surface area contributed by atoms with Crippen molar-refractivity contribution in [3.05, 3.63) is 29.6 Å². The van der Waals surface area contributed by atoms with Crippen LogP contribution in [0.4, 0.5) is 8.78 Å². The van der Waals surface area contributed by atoms with Gasteiger partial charge < -0.3 is 0 Å². The highest BCUT2D eigenvalue weighted by atomic mass is 19.3. The fourth-order valence-electron chi connectivity index (χ4n) is 0.907. The van der Waals surface area contributed by atoms with E-state index in [1.54, 1.807) is 12.3 Å². The van der Waals surface area contributed by atoms with E-state index in [-0.39, 0.29) is 6.42 Å². The average Bonchev–Trinajstić information content (AvgIpc) is 1.85. The molecule has 0 saturated heterocycles. The molecule has 3 heteroatoms. The third kappa shape index (κ3) is 2.62. The van der Waals surface area contributed by atoms with Gasteiger partial charge in [0, 0.05) is 18.8 Å². The number of halogens is 2. The molecule has 0 amide bonds. The number of nitrogens with zero attached hydrogens (tertiary/aromatic N) is 1. The molecule has 60 valence electrons. The third-order valence-corrected chi connectivity index (χ3v) is 1.32. The Morgan fingerprint density at radius 3 is 2.73 bits per heavy atom. The van der Waals surface area contributed by atoms with Crippen LogP contribution >= 0.6 is 0 Å². The standard InChI is InChI=1S/C8H9F2N/c1-6-2-7(3-8(9)10)5-11-4-6/h2,4-5,8H,3H2,1H3. The molecule has 1 aromatic heterocycles. The first-order chi connectivity index (χ1) is 5.18. The van der Waals surface area contributed by atoms with E-state index in [2.05, 4.69) is 4.98 Å². The number of pyridine rings is 1. The van der Waals surface area contributed by atoms with Gasteiger partial charge in [-0.1, -0.05) is 6.07 Å². The van der Waals surface area contributed by atoms with Crippen LogP contribution < -0.4 is 0 Å². The molecular formula is C8H9F2N. The highest BCUT2D eigenvalue weighted by molar-refractivity contribution is 5.16. The summed E-state index contributed by atoms with van der Waals surface area (Å²) in [6, 6.07) is 1.72. The highest BCUT2D eigenvalue weighted by Crippen LogP contribution is 2.07. The summed E-state index contributed by atoms with van der Waals surface area (Å²) in [5.41, 5.74) is 1.52. The molecule has 11 heavy (non-hydrogen) atoms. The quantitative estimate of drug-likeness (QED) is 0.641. The van der Waals surface area contributed by atoms with Gasteiger partial charge in [0.2, 0.25) is 6.43 Å². The van der Waals surface area contributed by atoms with Gasteiger partial charge in [-0.3, -0.25) is 4.98 Å². The van der Waals surface area contributed by atoms with Crippen molar-refractivity contribution in [1.29, 1.82) is 0 Å². The lowest BCUT2D eigenvalue weighted by atomic mass is 10.2. The number of aryl methyl sites for hydroxylation is 1. The minimum Gasteiger partial charge on any atom is -0.264 e. The summed E-state index contributed by atoms with van der Waals surface area (Å²) in [4.78, 5) is 3.80. The maximum Gasteiger partial charge on any atom is 0.242 e. The van der Waals surface area contributed by atoms with Crippen molar-refractivity contribution in [3.63, 3.8) is 0 Å². The Balaban J connectivity index is 2.71. The number of hydrogen-bond donors (Lipinski definition) is 0. The number of alkyl halides is 2. The summed E-state index contributed by atoms with van der Waals surface area (Å²) in [6.07, 6.45) is 0.640. The van der Waals surface area contributed by atoms with Gasteiger partial charge in [0.1, 0.15) is 0 Å². The largest absolute Gasteiger partial charge is 0.264 e. The van der Waals surface area contributed by atoms with Gasteiger partial charge in [-0.15, -0.1) is 0 Å². The van der Waals surface area contributed by atoms with Crippen molar-refractivity contribution in [3.8, 4) is 0 Å². The minimum absolute atomic E-state index is 0.200. The van der Waals surface area contributed by atoms with Gasteiger partial charge in [0.05, 0.1) is 0 Å². The molecule has 0 N–H and O–H groups in total. The van der Waals surface area contributed by atoms with E-state index in [1.165, 1.54) is 6.20 Å². The van der Waals surface area contributed by atoms with Crippen LogP contribution in [0.25, 0.3) is 0 Å². The molecule has 0 fully saturated rings. The van der Waals surface area contributed by atoms with Crippen LogP contribution in [0.5, 0.6) is 0 Å². The maximum absolute atomic E-state index is 11.8. The van der Waals surface area contributed by atoms with Gasteiger partial charge in [0.25, 0.3) is 0 Å². The van der Waals surface area contributed by atoms with E-state index < -0.39 is 6.43 Å². The predicted octanol–water partition coefficient (Wildman–Crippen LogP) is 2.20. The first-order valence-electron chi connectivity index (χ1n) is 3.37. The SMILES string of the molecule is Cc1cncc(CC(F)F)c1. The van der Waals surface area contributed by atoms with Crippen LogP contribution in [0.2, 0.25) is 0 Å². The smallest absolute Gasteiger partial charge is 0.242 e. The molecule has 1 heterocycles. The zero-order chi connectivity index (χ0) is 8.27. The molecule has 0 atom stereocenters. The Kier molecular flexibility index (Phi) is 2.52. The molecule has 1 rings (SSSR count). The molecule has 0 aliphatic heterocycles. The molecule has 0 aromatic carbocycles. The normalized spacial score (nSPS) is 10.5. The van der Waals surface area contributed by atoms with Gasteiger partial charge in [-0.05, 0) is 18.1 Å². The summed E-state index contributed by atoms with van der Waals surface area (Å²) >= 11 is 0. The first-order valence-corrected chi connectivity index (χ1v) is 3.37. The van der Waals surface area contributed by atoms with Gasteiger partial charge in [-0.25, -0.2) is 8.78 Å². The Labute approximate surface area is 64.1 Å². The van der Waals surface area contributed by atoms with Crippen LogP contribution in [0.1, 0.15) is 11.1 Å². The second kappa shape index (κ2) is 3.42. The molecule has 0 aliphatic rings. The van der Waals surface area contributed by atoms with Crippen molar-refractivity contribution in [1.82, 2.24) is 4.98 Å². The topological polar surface area (TPSA) is 12.9 Å². The summed E-state index contributed by atoms with van der Waals surface area (Å²) in [7, 11) is 0. The van der Waals surface area contributed by atoms with Crippen LogP contribution in [0.15, 0.2) is 18.5 Å².